The summed E-state index contributed by atoms with van der Waals surface area (Å²) in [6.07, 6.45) is 3.40. The zero-order valence-corrected chi connectivity index (χ0v) is 13.6. The number of hydrogen-bond donors (Lipinski definition) is 1. The lowest BCUT2D eigenvalue weighted by Crippen LogP contribution is -2.08. The number of para-hydroxylation sites is 1. The third kappa shape index (κ3) is 3.96. The Labute approximate surface area is 140 Å². The third-order valence-electron chi connectivity index (χ3n) is 3.44. The standard InChI is InChI=1S/C20H17NOS/c1-15-6-4-7-16(14-15)11-12-20(22)21-18-9-3-2-8-17(18)19-10-5-13-23-19/h2-14H,1H3,(H,21,22)/b12-11+. The molecule has 0 aliphatic rings. The van der Waals surface area contributed by atoms with Gasteiger partial charge in [-0.1, -0.05) is 54.1 Å². The summed E-state index contributed by atoms with van der Waals surface area (Å²) in [5.41, 5.74) is 4.07. The van der Waals surface area contributed by atoms with Crippen LogP contribution in [0.25, 0.3) is 16.5 Å². The number of thiophene rings is 1. The topological polar surface area (TPSA) is 29.1 Å². The Hall–Kier alpha value is -2.65. The Balaban J connectivity index is 1.76. The fourth-order valence-electron chi connectivity index (χ4n) is 2.36. The lowest BCUT2D eigenvalue weighted by molar-refractivity contribution is -0.111. The predicted octanol–water partition coefficient (Wildman–Crippen LogP) is 5.38. The van der Waals surface area contributed by atoms with Crippen LogP contribution in [0.5, 0.6) is 0 Å². The molecular weight excluding hydrogens is 302 g/mol. The summed E-state index contributed by atoms with van der Waals surface area (Å²) in [5, 5.41) is 5.00. The Morgan fingerprint density at radius 2 is 1.91 bits per heavy atom. The molecule has 0 radical (unpaired) electrons. The normalized spacial score (nSPS) is 10.8. The zero-order chi connectivity index (χ0) is 16.1. The monoisotopic (exact) mass is 319 g/mol. The van der Waals surface area contributed by atoms with Crippen molar-refractivity contribution in [3.05, 3.63) is 83.2 Å². The van der Waals surface area contributed by atoms with Gasteiger partial charge in [-0.3, -0.25) is 4.79 Å². The van der Waals surface area contributed by atoms with Gasteiger partial charge in [0, 0.05) is 22.2 Å². The lowest BCUT2D eigenvalue weighted by Gasteiger charge is -2.08. The maximum atomic E-state index is 12.2. The molecule has 0 saturated heterocycles. The van der Waals surface area contributed by atoms with Gasteiger partial charge >= 0.3 is 0 Å². The van der Waals surface area contributed by atoms with Crippen molar-refractivity contribution in [1.29, 1.82) is 0 Å². The summed E-state index contributed by atoms with van der Waals surface area (Å²) in [6.45, 7) is 2.04. The van der Waals surface area contributed by atoms with Crippen molar-refractivity contribution in [2.75, 3.05) is 5.32 Å². The molecule has 0 fully saturated rings. The molecule has 1 N–H and O–H groups in total. The molecule has 0 atom stereocenters. The molecule has 23 heavy (non-hydrogen) atoms. The quantitative estimate of drug-likeness (QED) is 0.643. The van der Waals surface area contributed by atoms with Crippen LogP contribution in [-0.4, -0.2) is 5.91 Å². The van der Waals surface area contributed by atoms with E-state index >= 15 is 0 Å². The Kier molecular flexibility index (Phi) is 4.69. The van der Waals surface area contributed by atoms with Gasteiger partial charge in [0.15, 0.2) is 0 Å². The number of carbonyl (C=O) groups is 1. The fourth-order valence-corrected chi connectivity index (χ4v) is 3.12. The van der Waals surface area contributed by atoms with Gasteiger partial charge in [0.1, 0.15) is 0 Å². The molecule has 3 heteroatoms. The summed E-state index contributed by atoms with van der Waals surface area (Å²) in [7, 11) is 0. The molecule has 0 aliphatic heterocycles. The predicted molar refractivity (Wildman–Crippen MR) is 98.6 cm³/mol. The molecule has 1 amide bonds. The number of nitrogens with one attached hydrogen (secondary N) is 1. The van der Waals surface area contributed by atoms with Crippen LogP contribution in [0.3, 0.4) is 0 Å². The van der Waals surface area contributed by atoms with Gasteiger partial charge in [0.05, 0.1) is 0 Å². The molecule has 0 unspecified atom stereocenters. The molecule has 3 rings (SSSR count). The summed E-state index contributed by atoms with van der Waals surface area (Å²) >= 11 is 1.66. The SMILES string of the molecule is Cc1cccc(/C=C/C(=O)Nc2ccccc2-c2cccs2)c1. The smallest absolute Gasteiger partial charge is 0.248 e. The van der Waals surface area contributed by atoms with Gasteiger partial charge in [-0.05, 0) is 36.1 Å². The second-order valence-electron chi connectivity index (χ2n) is 5.26. The summed E-state index contributed by atoms with van der Waals surface area (Å²) in [4.78, 5) is 13.3. The van der Waals surface area contributed by atoms with Gasteiger partial charge in [-0.2, -0.15) is 0 Å². The number of benzene rings is 2. The first kappa shape index (κ1) is 15.3. The zero-order valence-electron chi connectivity index (χ0n) is 12.8. The number of carbonyl (C=O) groups excluding carboxylic acids is 1. The maximum Gasteiger partial charge on any atom is 0.248 e. The lowest BCUT2D eigenvalue weighted by atomic mass is 10.1. The van der Waals surface area contributed by atoms with Crippen LogP contribution in [0.2, 0.25) is 0 Å². The van der Waals surface area contributed by atoms with Gasteiger partial charge in [-0.25, -0.2) is 0 Å². The number of hydrogen-bond acceptors (Lipinski definition) is 2. The molecule has 0 spiro atoms. The van der Waals surface area contributed by atoms with Crippen molar-refractivity contribution in [2.24, 2.45) is 0 Å². The first-order chi connectivity index (χ1) is 11.2. The first-order valence-electron chi connectivity index (χ1n) is 7.41. The van der Waals surface area contributed by atoms with E-state index in [1.54, 1.807) is 17.4 Å². The minimum atomic E-state index is -0.129. The third-order valence-corrected chi connectivity index (χ3v) is 4.34. The number of rotatable bonds is 4. The molecule has 0 saturated carbocycles. The molecule has 2 nitrogen and oxygen atoms in total. The second-order valence-corrected chi connectivity index (χ2v) is 6.21. The second kappa shape index (κ2) is 7.07. The van der Waals surface area contributed by atoms with Crippen molar-refractivity contribution < 1.29 is 4.79 Å². The molecule has 3 aromatic rings. The van der Waals surface area contributed by atoms with E-state index in [-0.39, 0.29) is 5.91 Å². The number of anilines is 1. The molecular formula is C20H17NOS. The Morgan fingerprint density at radius 3 is 2.70 bits per heavy atom. The fraction of sp³-hybridized carbons (Fsp3) is 0.0500. The van der Waals surface area contributed by atoms with Gasteiger partial charge in [-0.15, -0.1) is 11.3 Å². The first-order valence-corrected chi connectivity index (χ1v) is 8.29. The van der Waals surface area contributed by atoms with Crippen LogP contribution in [0.4, 0.5) is 5.69 Å². The summed E-state index contributed by atoms with van der Waals surface area (Å²) in [5.74, 6) is -0.129. The van der Waals surface area contributed by atoms with E-state index in [1.807, 2.05) is 73.0 Å². The minimum Gasteiger partial charge on any atom is -0.322 e. The van der Waals surface area contributed by atoms with Crippen molar-refractivity contribution >= 4 is 29.0 Å². The van der Waals surface area contributed by atoms with Crippen molar-refractivity contribution in [1.82, 2.24) is 0 Å². The van der Waals surface area contributed by atoms with E-state index in [0.29, 0.717) is 0 Å². The van der Waals surface area contributed by atoms with E-state index < -0.39 is 0 Å². The molecule has 114 valence electrons. The van der Waals surface area contributed by atoms with Gasteiger partial charge < -0.3 is 5.32 Å². The maximum absolute atomic E-state index is 12.2. The highest BCUT2D eigenvalue weighted by Crippen LogP contribution is 2.31. The largest absolute Gasteiger partial charge is 0.322 e. The van der Waals surface area contributed by atoms with Crippen molar-refractivity contribution in [3.63, 3.8) is 0 Å². The molecule has 0 bridgehead atoms. The van der Waals surface area contributed by atoms with Crippen LogP contribution < -0.4 is 5.32 Å². The van der Waals surface area contributed by atoms with Crippen LogP contribution in [0.15, 0.2) is 72.1 Å². The van der Waals surface area contributed by atoms with E-state index in [2.05, 4.69) is 11.4 Å². The Morgan fingerprint density at radius 1 is 1.04 bits per heavy atom. The molecule has 0 aliphatic carbocycles. The summed E-state index contributed by atoms with van der Waals surface area (Å²) < 4.78 is 0. The number of aryl methyl sites for hydroxylation is 1. The van der Waals surface area contributed by atoms with Gasteiger partial charge in [0.25, 0.3) is 0 Å². The minimum absolute atomic E-state index is 0.129. The number of amides is 1. The van der Waals surface area contributed by atoms with Crippen molar-refractivity contribution in [3.8, 4) is 10.4 Å². The van der Waals surface area contributed by atoms with Crippen LogP contribution >= 0.6 is 11.3 Å². The van der Waals surface area contributed by atoms with E-state index in [1.165, 1.54) is 5.56 Å². The molecule has 1 heterocycles. The van der Waals surface area contributed by atoms with E-state index in [9.17, 15) is 4.79 Å². The van der Waals surface area contributed by atoms with Gasteiger partial charge in [0.2, 0.25) is 5.91 Å². The molecule has 1 aromatic heterocycles. The van der Waals surface area contributed by atoms with E-state index in [0.717, 1.165) is 21.7 Å². The highest BCUT2D eigenvalue weighted by Gasteiger charge is 2.07. The average Bonchev–Trinajstić information content (AvgIpc) is 3.08. The molecule has 2 aromatic carbocycles. The van der Waals surface area contributed by atoms with E-state index in [4.69, 9.17) is 0 Å². The summed E-state index contributed by atoms with van der Waals surface area (Å²) in [6, 6.07) is 20.0. The Bertz CT molecular complexity index is 834. The van der Waals surface area contributed by atoms with Crippen LogP contribution in [-0.2, 0) is 4.79 Å². The van der Waals surface area contributed by atoms with Crippen LogP contribution in [0.1, 0.15) is 11.1 Å². The highest BCUT2D eigenvalue weighted by molar-refractivity contribution is 7.13. The van der Waals surface area contributed by atoms with Crippen molar-refractivity contribution in [2.45, 2.75) is 6.92 Å². The average molecular weight is 319 g/mol. The highest BCUT2D eigenvalue weighted by atomic mass is 32.1. The van der Waals surface area contributed by atoms with Crippen LogP contribution in [0, 0.1) is 6.92 Å².